The average Bonchev–Trinajstić information content (AvgIpc) is 2.85. The summed E-state index contributed by atoms with van der Waals surface area (Å²) in [5.74, 6) is -1.63. The Morgan fingerprint density at radius 2 is 1.49 bits per heavy atom. The molecule has 3 amide bonds. The van der Waals surface area contributed by atoms with E-state index in [1.807, 2.05) is 60.7 Å². The Morgan fingerprint density at radius 3 is 2.17 bits per heavy atom. The Morgan fingerprint density at radius 1 is 0.800 bits per heavy atom. The predicted octanol–water partition coefficient (Wildman–Crippen LogP) is 1.20. The second-order valence-electron chi connectivity index (χ2n) is 8.19. The number of guanidine groups is 1. The molecule has 0 bridgehead atoms. The number of rotatable bonds is 11. The van der Waals surface area contributed by atoms with E-state index in [4.69, 9.17) is 17.2 Å². The maximum Gasteiger partial charge on any atom is 0.251 e. The van der Waals surface area contributed by atoms with E-state index in [-0.39, 0.29) is 18.8 Å². The van der Waals surface area contributed by atoms with Crippen molar-refractivity contribution < 1.29 is 14.4 Å². The van der Waals surface area contributed by atoms with E-state index in [0.29, 0.717) is 18.5 Å². The molecule has 0 aliphatic rings. The van der Waals surface area contributed by atoms with Crippen LogP contribution in [0.3, 0.4) is 0 Å². The highest BCUT2D eigenvalue weighted by Crippen LogP contribution is 2.16. The summed E-state index contributed by atoms with van der Waals surface area (Å²) in [6, 6.07) is 20.4. The summed E-state index contributed by atoms with van der Waals surface area (Å²) >= 11 is 0. The van der Waals surface area contributed by atoms with Gasteiger partial charge in [-0.3, -0.25) is 19.4 Å². The minimum atomic E-state index is -0.928. The summed E-state index contributed by atoms with van der Waals surface area (Å²) < 4.78 is 0. The fourth-order valence-corrected chi connectivity index (χ4v) is 3.69. The third-order valence-electron chi connectivity index (χ3n) is 5.52. The third-order valence-corrected chi connectivity index (χ3v) is 5.52. The summed E-state index contributed by atoms with van der Waals surface area (Å²) in [5.41, 5.74) is 17.6. The van der Waals surface area contributed by atoms with Crippen LogP contribution < -0.4 is 27.8 Å². The van der Waals surface area contributed by atoms with Gasteiger partial charge in [-0.25, -0.2) is 0 Å². The monoisotopic (exact) mass is 474 g/mol. The number of benzene rings is 3. The lowest BCUT2D eigenvalue weighted by Crippen LogP contribution is -2.53. The molecule has 0 radical (unpaired) electrons. The second kappa shape index (κ2) is 12.2. The van der Waals surface area contributed by atoms with E-state index < -0.39 is 29.8 Å². The van der Waals surface area contributed by atoms with Gasteiger partial charge < -0.3 is 27.8 Å². The van der Waals surface area contributed by atoms with Gasteiger partial charge in [0.15, 0.2) is 5.96 Å². The molecule has 2 atom stereocenters. The average molecular weight is 475 g/mol. The van der Waals surface area contributed by atoms with Gasteiger partial charge in [0, 0.05) is 18.5 Å². The Balaban J connectivity index is 1.74. The number of nitrogens with one attached hydrogen (secondary N) is 2. The lowest BCUT2D eigenvalue weighted by atomic mass is 10.0. The van der Waals surface area contributed by atoms with Crippen molar-refractivity contribution in [2.75, 3.05) is 6.54 Å². The highest BCUT2D eigenvalue weighted by molar-refractivity contribution is 6.01. The molecule has 3 aromatic carbocycles. The van der Waals surface area contributed by atoms with Gasteiger partial charge in [0.05, 0.1) is 0 Å². The van der Waals surface area contributed by atoms with Crippen molar-refractivity contribution in [1.29, 1.82) is 0 Å². The summed E-state index contributed by atoms with van der Waals surface area (Å²) in [4.78, 5) is 42.1. The molecule has 182 valence electrons. The highest BCUT2D eigenvalue weighted by Gasteiger charge is 2.26. The van der Waals surface area contributed by atoms with E-state index in [1.54, 1.807) is 12.1 Å². The minimum absolute atomic E-state index is 0.0529. The number of carbonyl (C=O) groups is 3. The van der Waals surface area contributed by atoms with E-state index in [2.05, 4.69) is 15.6 Å². The number of carbonyl (C=O) groups excluding carboxylic acids is 3. The van der Waals surface area contributed by atoms with Crippen LogP contribution in [0.15, 0.2) is 77.8 Å². The van der Waals surface area contributed by atoms with E-state index in [0.717, 1.165) is 16.3 Å². The number of fused-ring (bicyclic) bond motifs is 1. The van der Waals surface area contributed by atoms with Gasteiger partial charge in [0.25, 0.3) is 5.91 Å². The first kappa shape index (κ1) is 25.2. The number of hydrogen-bond donors (Lipinski definition) is 5. The molecule has 0 spiro atoms. The molecule has 0 saturated carbocycles. The summed E-state index contributed by atoms with van der Waals surface area (Å²) in [5, 5.41) is 7.38. The molecule has 8 N–H and O–H groups in total. The van der Waals surface area contributed by atoms with Crippen LogP contribution in [0.5, 0.6) is 0 Å². The van der Waals surface area contributed by atoms with Crippen molar-refractivity contribution in [3.63, 3.8) is 0 Å². The maximum absolute atomic E-state index is 13.1. The SMILES string of the molecule is NC(=O)[C@H](Cc1ccccc1)NC(=O)[C@H](CCCN=C(N)N)NC(=O)c1ccc2ccccc2c1. The number of amides is 3. The first-order chi connectivity index (χ1) is 16.8. The molecule has 9 nitrogen and oxygen atoms in total. The molecule has 0 aromatic heterocycles. The number of aliphatic imine (C=N–C) groups is 1. The van der Waals surface area contributed by atoms with Crippen LogP contribution in [-0.4, -0.2) is 42.3 Å². The Hall–Kier alpha value is -4.40. The first-order valence-corrected chi connectivity index (χ1v) is 11.3. The molecule has 3 rings (SSSR count). The van der Waals surface area contributed by atoms with Crippen LogP contribution >= 0.6 is 0 Å². The smallest absolute Gasteiger partial charge is 0.251 e. The van der Waals surface area contributed by atoms with E-state index in [9.17, 15) is 14.4 Å². The number of hydrogen-bond acceptors (Lipinski definition) is 4. The predicted molar refractivity (Wildman–Crippen MR) is 136 cm³/mol. The van der Waals surface area contributed by atoms with Crippen LogP contribution in [0, 0.1) is 0 Å². The normalized spacial score (nSPS) is 12.3. The molecule has 0 heterocycles. The van der Waals surface area contributed by atoms with Gasteiger partial charge >= 0.3 is 0 Å². The lowest BCUT2D eigenvalue weighted by molar-refractivity contribution is -0.128. The fourth-order valence-electron chi connectivity index (χ4n) is 3.69. The molecule has 35 heavy (non-hydrogen) atoms. The molecular formula is C26H30N6O3. The van der Waals surface area contributed by atoms with Crippen LogP contribution in [0.2, 0.25) is 0 Å². The zero-order chi connectivity index (χ0) is 25.2. The quantitative estimate of drug-likeness (QED) is 0.160. The summed E-state index contributed by atoms with van der Waals surface area (Å²) in [6.07, 6.45) is 0.938. The van der Waals surface area contributed by atoms with Gasteiger partial charge in [-0.2, -0.15) is 0 Å². The van der Waals surface area contributed by atoms with E-state index >= 15 is 0 Å². The van der Waals surface area contributed by atoms with Gasteiger partial charge in [-0.1, -0.05) is 60.7 Å². The van der Waals surface area contributed by atoms with Crippen molar-refractivity contribution >= 4 is 34.5 Å². The molecule has 0 aliphatic heterocycles. The van der Waals surface area contributed by atoms with Gasteiger partial charge in [0.2, 0.25) is 11.8 Å². The van der Waals surface area contributed by atoms with Crippen molar-refractivity contribution in [2.24, 2.45) is 22.2 Å². The van der Waals surface area contributed by atoms with E-state index in [1.165, 1.54) is 0 Å². The van der Waals surface area contributed by atoms with Crippen molar-refractivity contribution in [3.8, 4) is 0 Å². The topological polar surface area (TPSA) is 166 Å². The largest absolute Gasteiger partial charge is 0.370 e. The third kappa shape index (κ3) is 7.56. The van der Waals surface area contributed by atoms with Crippen LogP contribution in [0.1, 0.15) is 28.8 Å². The highest BCUT2D eigenvalue weighted by atomic mass is 16.2. The molecule has 3 aromatic rings. The Bertz CT molecular complexity index is 1210. The van der Waals surface area contributed by atoms with Gasteiger partial charge in [-0.15, -0.1) is 0 Å². The standard InChI is InChI=1S/C26H30N6O3/c27-23(33)22(15-17-7-2-1-3-8-17)32-25(35)21(11-6-14-30-26(28)29)31-24(34)20-13-12-18-9-4-5-10-19(18)16-20/h1-5,7-10,12-13,16,21-22H,6,11,14-15H2,(H2,27,33)(H,31,34)(H,32,35)(H4,28,29,30)/t21-,22-/m0/s1. The van der Waals surface area contributed by atoms with Crippen LogP contribution in [0.25, 0.3) is 10.8 Å². The van der Waals surface area contributed by atoms with Crippen molar-refractivity contribution in [3.05, 3.63) is 83.9 Å². The molecule has 9 heteroatoms. The van der Waals surface area contributed by atoms with Gasteiger partial charge in [-0.05, 0) is 41.3 Å². The first-order valence-electron chi connectivity index (χ1n) is 11.3. The zero-order valence-corrected chi connectivity index (χ0v) is 19.3. The fraction of sp³-hybridized carbons (Fsp3) is 0.231. The van der Waals surface area contributed by atoms with Crippen molar-refractivity contribution in [2.45, 2.75) is 31.3 Å². The molecule has 0 saturated heterocycles. The number of nitrogens with two attached hydrogens (primary N) is 3. The maximum atomic E-state index is 13.1. The summed E-state index contributed by atoms with van der Waals surface area (Å²) in [7, 11) is 0. The lowest BCUT2D eigenvalue weighted by Gasteiger charge is -2.22. The molecule has 0 aliphatic carbocycles. The Kier molecular flexibility index (Phi) is 8.77. The Labute approximate surface area is 203 Å². The summed E-state index contributed by atoms with van der Waals surface area (Å²) in [6.45, 7) is 0.293. The number of primary amides is 1. The molecule has 0 fully saturated rings. The molecule has 0 unspecified atom stereocenters. The minimum Gasteiger partial charge on any atom is -0.370 e. The molecular weight excluding hydrogens is 444 g/mol. The van der Waals surface area contributed by atoms with Crippen molar-refractivity contribution in [1.82, 2.24) is 10.6 Å². The van der Waals surface area contributed by atoms with Gasteiger partial charge in [0.1, 0.15) is 12.1 Å². The number of nitrogens with zero attached hydrogens (tertiary/aromatic N) is 1. The van der Waals surface area contributed by atoms with Crippen LogP contribution in [-0.2, 0) is 16.0 Å². The second-order valence-corrected chi connectivity index (χ2v) is 8.19. The zero-order valence-electron chi connectivity index (χ0n) is 19.3. The van der Waals surface area contributed by atoms with Crippen LogP contribution in [0.4, 0.5) is 0 Å².